The van der Waals surface area contributed by atoms with Crippen molar-refractivity contribution in [1.82, 2.24) is 5.32 Å². The Labute approximate surface area is 112 Å². The third-order valence-corrected chi connectivity index (χ3v) is 4.50. The van der Waals surface area contributed by atoms with Gasteiger partial charge in [-0.3, -0.25) is 0 Å². The minimum atomic E-state index is -0.0481. The summed E-state index contributed by atoms with van der Waals surface area (Å²) in [4.78, 5) is 0. The first kappa shape index (κ1) is 13.1. The predicted molar refractivity (Wildman–Crippen MR) is 73.9 cm³/mol. The number of hydrogen-bond acceptors (Lipinski definition) is 2. The Bertz CT molecular complexity index is 361. The van der Waals surface area contributed by atoms with Gasteiger partial charge in [0, 0.05) is 16.6 Å². The summed E-state index contributed by atoms with van der Waals surface area (Å²) in [5.41, 5.74) is 1.21. The van der Waals surface area contributed by atoms with Gasteiger partial charge in [0.15, 0.2) is 0 Å². The van der Waals surface area contributed by atoms with Crippen LogP contribution in [0.15, 0.2) is 28.7 Å². The zero-order valence-electron chi connectivity index (χ0n) is 10.1. The molecule has 0 aliphatic heterocycles. The molecule has 1 saturated carbocycles. The number of aliphatic hydroxyl groups excluding tert-OH is 1. The average Bonchev–Trinajstić information content (AvgIpc) is 2.39. The normalized spacial score (nSPS) is 19.2. The summed E-state index contributed by atoms with van der Waals surface area (Å²) in [5.74, 6) is 0. The number of aliphatic hydroxyl groups is 1. The van der Waals surface area contributed by atoms with Crippen molar-refractivity contribution in [3.8, 4) is 0 Å². The highest BCUT2D eigenvalue weighted by atomic mass is 79.9. The van der Waals surface area contributed by atoms with Crippen molar-refractivity contribution in [2.24, 2.45) is 0 Å². The first-order valence-electron chi connectivity index (χ1n) is 6.35. The highest BCUT2D eigenvalue weighted by molar-refractivity contribution is 9.10. The molecule has 2 rings (SSSR count). The second-order valence-corrected chi connectivity index (χ2v) is 5.80. The van der Waals surface area contributed by atoms with Crippen molar-refractivity contribution < 1.29 is 5.11 Å². The molecule has 2 N–H and O–H groups in total. The van der Waals surface area contributed by atoms with E-state index < -0.39 is 0 Å². The maximum atomic E-state index is 9.61. The van der Waals surface area contributed by atoms with E-state index in [0.717, 1.165) is 23.9 Å². The van der Waals surface area contributed by atoms with Gasteiger partial charge in [-0.25, -0.2) is 0 Å². The highest BCUT2D eigenvalue weighted by Gasteiger charge is 2.30. The van der Waals surface area contributed by atoms with E-state index in [0.29, 0.717) is 0 Å². The predicted octanol–water partition coefficient (Wildman–Crippen LogP) is 3.23. The second-order valence-electron chi connectivity index (χ2n) is 4.94. The van der Waals surface area contributed by atoms with Gasteiger partial charge in [-0.1, -0.05) is 53.4 Å². The molecule has 1 aliphatic carbocycles. The van der Waals surface area contributed by atoms with Crippen LogP contribution in [-0.2, 0) is 6.54 Å². The molecule has 0 spiro atoms. The van der Waals surface area contributed by atoms with E-state index in [4.69, 9.17) is 0 Å². The van der Waals surface area contributed by atoms with Crippen molar-refractivity contribution in [2.45, 2.75) is 44.2 Å². The van der Waals surface area contributed by atoms with Crippen LogP contribution in [0, 0.1) is 0 Å². The third kappa shape index (κ3) is 3.30. The molecule has 2 nitrogen and oxygen atoms in total. The molecule has 0 aromatic heterocycles. The molecule has 0 atom stereocenters. The van der Waals surface area contributed by atoms with Gasteiger partial charge in [-0.05, 0) is 24.5 Å². The number of halogens is 1. The second kappa shape index (κ2) is 5.98. The molecule has 94 valence electrons. The van der Waals surface area contributed by atoms with E-state index in [-0.39, 0.29) is 12.1 Å². The molecule has 0 radical (unpaired) electrons. The lowest BCUT2D eigenvalue weighted by molar-refractivity contribution is 0.119. The summed E-state index contributed by atoms with van der Waals surface area (Å²) in [6.07, 6.45) is 5.94. The van der Waals surface area contributed by atoms with Gasteiger partial charge < -0.3 is 10.4 Å². The Morgan fingerprint density at radius 3 is 2.53 bits per heavy atom. The van der Waals surface area contributed by atoms with Crippen LogP contribution in [0.1, 0.15) is 37.7 Å². The Morgan fingerprint density at radius 2 is 1.88 bits per heavy atom. The molecule has 0 saturated heterocycles. The molecular weight excluding hydrogens is 278 g/mol. The first-order valence-corrected chi connectivity index (χ1v) is 7.14. The Morgan fingerprint density at radius 1 is 1.18 bits per heavy atom. The average molecular weight is 298 g/mol. The van der Waals surface area contributed by atoms with Crippen LogP contribution < -0.4 is 5.32 Å². The van der Waals surface area contributed by atoms with Crippen LogP contribution in [0.5, 0.6) is 0 Å². The number of benzene rings is 1. The van der Waals surface area contributed by atoms with E-state index >= 15 is 0 Å². The minimum Gasteiger partial charge on any atom is -0.394 e. The topological polar surface area (TPSA) is 32.3 Å². The van der Waals surface area contributed by atoms with Crippen molar-refractivity contribution >= 4 is 15.9 Å². The molecule has 1 fully saturated rings. The molecule has 1 aromatic carbocycles. The van der Waals surface area contributed by atoms with E-state index in [1.54, 1.807) is 0 Å². The molecule has 1 aromatic rings. The lowest BCUT2D eigenvalue weighted by atomic mass is 9.82. The van der Waals surface area contributed by atoms with Crippen molar-refractivity contribution in [2.75, 3.05) is 6.61 Å². The quantitative estimate of drug-likeness (QED) is 0.894. The Kier molecular flexibility index (Phi) is 4.60. The van der Waals surface area contributed by atoms with Crippen LogP contribution in [-0.4, -0.2) is 17.3 Å². The molecule has 17 heavy (non-hydrogen) atoms. The van der Waals surface area contributed by atoms with Gasteiger partial charge in [0.1, 0.15) is 0 Å². The zero-order valence-corrected chi connectivity index (χ0v) is 11.7. The number of nitrogens with one attached hydrogen (secondary N) is 1. The fourth-order valence-electron chi connectivity index (χ4n) is 2.54. The maximum Gasteiger partial charge on any atom is 0.0613 e. The summed E-state index contributed by atoms with van der Waals surface area (Å²) in [7, 11) is 0. The van der Waals surface area contributed by atoms with Gasteiger partial charge in [0.05, 0.1) is 6.61 Å². The number of rotatable bonds is 4. The van der Waals surface area contributed by atoms with Gasteiger partial charge >= 0.3 is 0 Å². The summed E-state index contributed by atoms with van der Waals surface area (Å²) in [6, 6.07) is 8.25. The molecule has 0 amide bonds. The molecule has 0 heterocycles. The van der Waals surface area contributed by atoms with Gasteiger partial charge in [0.25, 0.3) is 0 Å². The SMILES string of the molecule is OCC1(NCc2ccccc2Br)CCCCC1. The van der Waals surface area contributed by atoms with Crippen molar-refractivity contribution in [1.29, 1.82) is 0 Å². The van der Waals surface area contributed by atoms with Crippen LogP contribution in [0.25, 0.3) is 0 Å². The molecule has 1 aliphatic rings. The van der Waals surface area contributed by atoms with Gasteiger partial charge in [0.2, 0.25) is 0 Å². The van der Waals surface area contributed by atoms with Gasteiger partial charge in [-0.2, -0.15) is 0 Å². The largest absolute Gasteiger partial charge is 0.394 e. The van der Waals surface area contributed by atoms with E-state index in [9.17, 15) is 5.11 Å². The van der Waals surface area contributed by atoms with Crippen LogP contribution in [0.3, 0.4) is 0 Å². The van der Waals surface area contributed by atoms with Crippen LogP contribution in [0.4, 0.5) is 0 Å². The fraction of sp³-hybridized carbons (Fsp3) is 0.571. The van der Waals surface area contributed by atoms with Crippen LogP contribution in [0.2, 0.25) is 0 Å². The monoisotopic (exact) mass is 297 g/mol. The zero-order chi connectivity index (χ0) is 12.1. The first-order chi connectivity index (χ1) is 8.26. The van der Waals surface area contributed by atoms with Gasteiger partial charge in [-0.15, -0.1) is 0 Å². The summed E-state index contributed by atoms with van der Waals surface area (Å²) < 4.78 is 1.14. The molecule has 3 heteroatoms. The summed E-state index contributed by atoms with van der Waals surface area (Å²) in [6.45, 7) is 1.07. The van der Waals surface area contributed by atoms with E-state index in [1.807, 2.05) is 12.1 Å². The smallest absolute Gasteiger partial charge is 0.0613 e. The van der Waals surface area contributed by atoms with E-state index in [2.05, 4.69) is 33.4 Å². The molecule has 0 bridgehead atoms. The Balaban J connectivity index is 1.98. The standard InChI is InChI=1S/C14H20BrNO/c15-13-7-3-2-6-12(13)10-16-14(11-17)8-4-1-5-9-14/h2-3,6-7,16-17H,1,4-5,8-11H2. The fourth-order valence-corrected chi connectivity index (χ4v) is 2.97. The Hall–Kier alpha value is -0.380. The third-order valence-electron chi connectivity index (χ3n) is 3.73. The molecular formula is C14H20BrNO. The molecule has 0 unspecified atom stereocenters. The minimum absolute atomic E-state index is 0.0481. The van der Waals surface area contributed by atoms with E-state index in [1.165, 1.54) is 24.8 Å². The summed E-state index contributed by atoms with van der Waals surface area (Å²) in [5, 5.41) is 13.2. The lowest BCUT2D eigenvalue weighted by Crippen LogP contribution is -2.49. The van der Waals surface area contributed by atoms with Crippen molar-refractivity contribution in [3.05, 3.63) is 34.3 Å². The highest BCUT2D eigenvalue weighted by Crippen LogP contribution is 2.28. The maximum absolute atomic E-state index is 9.61. The number of hydrogen-bond donors (Lipinski definition) is 2. The van der Waals surface area contributed by atoms with Crippen LogP contribution >= 0.6 is 15.9 Å². The summed E-state index contributed by atoms with van der Waals surface area (Å²) >= 11 is 3.56. The van der Waals surface area contributed by atoms with Crippen molar-refractivity contribution in [3.63, 3.8) is 0 Å². The lowest BCUT2D eigenvalue weighted by Gasteiger charge is -2.36.